The molecule has 1 aromatic heterocycles. The summed E-state index contributed by atoms with van der Waals surface area (Å²) in [5.41, 5.74) is 4.51. The molecule has 0 saturated heterocycles. The molecule has 0 amide bonds. The molecule has 0 atom stereocenters. The summed E-state index contributed by atoms with van der Waals surface area (Å²) >= 11 is 0. The summed E-state index contributed by atoms with van der Waals surface area (Å²) in [4.78, 5) is 19.2. The number of rotatable bonds is 7. The molecule has 1 heterocycles. The van der Waals surface area contributed by atoms with Crippen LogP contribution in [-0.4, -0.2) is 22.5 Å². The van der Waals surface area contributed by atoms with Crippen molar-refractivity contribution >= 4 is 12.0 Å². The lowest BCUT2D eigenvalue weighted by Crippen LogP contribution is -1.98. The fourth-order valence-electron chi connectivity index (χ4n) is 2.70. The monoisotopic (exact) mass is 346 g/mol. The summed E-state index contributed by atoms with van der Waals surface area (Å²) in [6, 6.07) is 18.4. The zero-order chi connectivity index (χ0) is 18.2. The van der Waals surface area contributed by atoms with Gasteiger partial charge in [-0.3, -0.25) is 0 Å². The predicted molar refractivity (Wildman–Crippen MR) is 103 cm³/mol. The molecule has 0 fully saturated rings. The van der Waals surface area contributed by atoms with E-state index in [1.165, 1.54) is 17.2 Å². The molecule has 4 nitrogen and oxygen atoms in total. The minimum atomic E-state index is -0.321. The van der Waals surface area contributed by atoms with Gasteiger partial charge in [0.1, 0.15) is 5.82 Å². The van der Waals surface area contributed by atoms with Gasteiger partial charge in [-0.25, -0.2) is 9.78 Å². The summed E-state index contributed by atoms with van der Waals surface area (Å²) < 4.78 is 4.87. The topological polar surface area (TPSA) is 55.0 Å². The molecule has 0 aliphatic rings. The first-order valence-electron chi connectivity index (χ1n) is 8.73. The molecule has 0 radical (unpaired) electrons. The third-order valence-corrected chi connectivity index (χ3v) is 3.97. The Bertz CT molecular complexity index is 865. The molecule has 26 heavy (non-hydrogen) atoms. The van der Waals surface area contributed by atoms with Crippen LogP contribution in [0.15, 0.2) is 66.9 Å². The second-order valence-corrected chi connectivity index (χ2v) is 6.02. The molecule has 0 saturated carbocycles. The first kappa shape index (κ1) is 17.7. The third-order valence-electron chi connectivity index (χ3n) is 3.97. The Kier molecular flexibility index (Phi) is 5.99. The molecule has 4 heteroatoms. The molecule has 0 aliphatic carbocycles. The highest BCUT2D eigenvalue weighted by molar-refractivity contribution is 5.87. The van der Waals surface area contributed by atoms with E-state index in [2.05, 4.69) is 22.1 Å². The molecule has 3 aromatic rings. The minimum absolute atomic E-state index is 0.321. The van der Waals surface area contributed by atoms with Crippen molar-refractivity contribution in [3.63, 3.8) is 0 Å². The van der Waals surface area contributed by atoms with Crippen LogP contribution in [-0.2, 0) is 22.4 Å². The normalized spacial score (nSPS) is 11.0. The average molecular weight is 346 g/mol. The summed E-state index contributed by atoms with van der Waals surface area (Å²) in [6.45, 7) is 2.18. The molecule has 2 aromatic carbocycles. The predicted octanol–water partition coefficient (Wildman–Crippen LogP) is 4.17. The average Bonchev–Trinajstić information content (AvgIpc) is 3.09. The number of hydrogen-bond donors (Lipinski definition) is 1. The van der Waals surface area contributed by atoms with E-state index in [0.29, 0.717) is 6.61 Å². The van der Waals surface area contributed by atoms with Crippen LogP contribution in [0.5, 0.6) is 0 Å². The first-order chi connectivity index (χ1) is 12.7. The van der Waals surface area contributed by atoms with Crippen molar-refractivity contribution in [1.29, 1.82) is 0 Å². The number of nitrogens with one attached hydrogen (secondary N) is 1. The van der Waals surface area contributed by atoms with Crippen molar-refractivity contribution in [3.8, 4) is 0 Å². The van der Waals surface area contributed by atoms with Crippen molar-refractivity contribution in [2.75, 3.05) is 6.61 Å². The fourth-order valence-corrected chi connectivity index (χ4v) is 2.70. The zero-order valence-corrected chi connectivity index (χ0v) is 14.8. The van der Waals surface area contributed by atoms with E-state index in [-0.39, 0.29) is 5.97 Å². The largest absolute Gasteiger partial charge is 0.463 e. The number of H-pyrrole nitrogens is 1. The molecule has 0 bridgehead atoms. The minimum Gasteiger partial charge on any atom is -0.463 e. The van der Waals surface area contributed by atoms with E-state index in [1.54, 1.807) is 13.0 Å². The van der Waals surface area contributed by atoms with Crippen LogP contribution in [0.4, 0.5) is 0 Å². The third kappa shape index (κ3) is 5.18. The standard InChI is InChI=1S/C22H22N2O2/c1-2-26-22(25)13-12-17-8-10-19(11-9-17)15-21-23-16-20(24-21)14-18-6-4-3-5-7-18/h3-13,16H,2,14-15H2,1H3,(H,23,24). The highest BCUT2D eigenvalue weighted by Crippen LogP contribution is 2.12. The Labute approximate surface area is 153 Å². The van der Waals surface area contributed by atoms with E-state index in [1.807, 2.05) is 48.7 Å². The Hall–Kier alpha value is -3.14. The number of imidazole rings is 1. The molecule has 132 valence electrons. The van der Waals surface area contributed by atoms with Crippen LogP contribution >= 0.6 is 0 Å². The maximum absolute atomic E-state index is 11.3. The lowest BCUT2D eigenvalue weighted by Gasteiger charge is -2.01. The number of aromatic nitrogens is 2. The molecule has 0 spiro atoms. The van der Waals surface area contributed by atoms with Gasteiger partial charge in [0.15, 0.2) is 0 Å². The fraction of sp³-hybridized carbons (Fsp3) is 0.182. The van der Waals surface area contributed by atoms with Gasteiger partial charge < -0.3 is 9.72 Å². The number of nitrogens with zero attached hydrogens (tertiary/aromatic N) is 1. The van der Waals surface area contributed by atoms with Gasteiger partial charge in [0.25, 0.3) is 0 Å². The highest BCUT2D eigenvalue weighted by atomic mass is 16.5. The molecular weight excluding hydrogens is 324 g/mol. The lowest BCUT2D eigenvalue weighted by molar-refractivity contribution is -0.137. The molecule has 1 N–H and O–H groups in total. The van der Waals surface area contributed by atoms with Crippen molar-refractivity contribution in [3.05, 3.63) is 95.1 Å². The van der Waals surface area contributed by atoms with Crippen molar-refractivity contribution in [2.45, 2.75) is 19.8 Å². The Morgan fingerprint density at radius 1 is 1.04 bits per heavy atom. The number of esters is 1. The van der Waals surface area contributed by atoms with E-state index >= 15 is 0 Å². The van der Waals surface area contributed by atoms with Crippen LogP contribution in [0.2, 0.25) is 0 Å². The van der Waals surface area contributed by atoms with Crippen molar-refractivity contribution < 1.29 is 9.53 Å². The number of hydrogen-bond acceptors (Lipinski definition) is 3. The summed E-state index contributed by atoms with van der Waals surface area (Å²) in [6.07, 6.45) is 6.70. The van der Waals surface area contributed by atoms with Crippen LogP contribution < -0.4 is 0 Å². The van der Waals surface area contributed by atoms with Crippen LogP contribution in [0.1, 0.15) is 35.1 Å². The Balaban J connectivity index is 1.58. The SMILES string of the molecule is CCOC(=O)C=Cc1ccc(Cc2ncc(Cc3ccccc3)[nH]2)cc1. The van der Waals surface area contributed by atoms with E-state index in [4.69, 9.17) is 4.74 Å². The van der Waals surface area contributed by atoms with Crippen molar-refractivity contribution in [1.82, 2.24) is 9.97 Å². The maximum Gasteiger partial charge on any atom is 0.330 e. The van der Waals surface area contributed by atoms with E-state index in [0.717, 1.165) is 29.9 Å². The van der Waals surface area contributed by atoms with Gasteiger partial charge in [0.2, 0.25) is 0 Å². The van der Waals surface area contributed by atoms with E-state index in [9.17, 15) is 4.79 Å². The molecule has 0 aliphatic heterocycles. The van der Waals surface area contributed by atoms with Crippen LogP contribution in [0.3, 0.4) is 0 Å². The second-order valence-electron chi connectivity index (χ2n) is 6.02. The molecular formula is C22H22N2O2. The van der Waals surface area contributed by atoms with Gasteiger partial charge in [-0.05, 0) is 29.7 Å². The highest BCUT2D eigenvalue weighted by Gasteiger charge is 2.03. The second kappa shape index (κ2) is 8.81. The summed E-state index contributed by atoms with van der Waals surface area (Å²) in [7, 11) is 0. The Morgan fingerprint density at radius 3 is 2.50 bits per heavy atom. The number of ether oxygens (including phenoxy) is 1. The van der Waals surface area contributed by atoms with Gasteiger partial charge in [0, 0.05) is 30.8 Å². The maximum atomic E-state index is 11.3. The number of aromatic amines is 1. The Morgan fingerprint density at radius 2 is 1.77 bits per heavy atom. The molecule has 3 rings (SSSR count). The smallest absolute Gasteiger partial charge is 0.330 e. The van der Waals surface area contributed by atoms with Crippen molar-refractivity contribution in [2.24, 2.45) is 0 Å². The first-order valence-corrected chi connectivity index (χ1v) is 8.73. The molecule has 0 unspecified atom stereocenters. The van der Waals surface area contributed by atoms with Gasteiger partial charge in [0.05, 0.1) is 6.61 Å². The lowest BCUT2D eigenvalue weighted by atomic mass is 10.1. The quantitative estimate of drug-likeness (QED) is 0.516. The zero-order valence-electron chi connectivity index (χ0n) is 14.8. The van der Waals surface area contributed by atoms with Crippen LogP contribution in [0.25, 0.3) is 6.08 Å². The van der Waals surface area contributed by atoms with E-state index < -0.39 is 0 Å². The van der Waals surface area contributed by atoms with Gasteiger partial charge >= 0.3 is 5.97 Å². The van der Waals surface area contributed by atoms with Gasteiger partial charge in [-0.15, -0.1) is 0 Å². The number of carbonyl (C=O) groups excluding carboxylic acids is 1. The number of carbonyl (C=O) groups is 1. The van der Waals surface area contributed by atoms with Gasteiger partial charge in [-0.2, -0.15) is 0 Å². The van der Waals surface area contributed by atoms with Gasteiger partial charge in [-0.1, -0.05) is 54.6 Å². The summed E-state index contributed by atoms with van der Waals surface area (Å²) in [5.74, 6) is 0.629. The number of benzene rings is 2. The summed E-state index contributed by atoms with van der Waals surface area (Å²) in [5, 5.41) is 0. The van der Waals surface area contributed by atoms with Crippen LogP contribution in [0, 0.1) is 0 Å².